The molecule has 2 aromatic carbocycles. The fourth-order valence-electron chi connectivity index (χ4n) is 1.83. The van der Waals surface area contributed by atoms with Gasteiger partial charge in [0.05, 0.1) is 11.1 Å². The van der Waals surface area contributed by atoms with Gasteiger partial charge in [0.25, 0.3) is 5.91 Å². The summed E-state index contributed by atoms with van der Waals surface area (Å²) in [5.74, 6) is 0.127. The summed E-state index contributed by atoms with van der Waals surface area (Å²) in [6.07, 6.45) is 0. The molecule has 0 unspecified atom stereocenters. The minimum atomic E-state index is -0.393. The molecule has 110 valence electrons. The lowest BCUT2D eigenvalue weighted by Gasteiger charge is -2.08. The number of nitrogens with one attached hydrogen (secondary N) is 1. The molecule has 0 spiro atoms. The Bertz CT molecular complexity index is 646. The van der Waals surface area contributed by atoms with Crippen LogP contribution in [0.25, 0.3) is 0 Å². The third-order valence-electron chi connectivity index (χ3n) is 2.84. The van der Waals surface area contributed by atoms with E-state index in [1.54, 1.807) is 0 Å². The topological polar surface area (TPSA) is 38.3 Å². The van der Waals surface area contributed by atoms with Crippen LogP contribution in [0.2, 0.25) is 0 Å². The van der Waals surface area contributed by atoms with Crippen LogP contribution in [0, 0.1) is 5.82 Å². The molecule has 0 heterocycles. The summed E-state index contributed by atoms with van der Waals surface area (Å²) in [6, 6.07) is 11.7. The number of ether oxygens (including phenoxy) is 1. The van der Waals surface area contributed by atoms with Crippen molar-refractivity contribution in [1.82, 2.24) is 5.32 Å². The number of hydrogen-bond donors (Lipinski definition) is 1. The van der Waals surface area contributed by atoms with Gasteiger partial charge in [0.15, 0.2) is 0 Å². The first-order valence-corrected chi connectivity index (χ1v) is 7.34. The van der Waals surface area contributed by atoms with E-state index < -0.39 is 5.82 Å². The Morgan fingerprint density at radius 1 is 1.29 bits per heavy atom. The summed E-state index contributed by atoms with van der Waals surface area (Å²) in [5.41, 5.74) is 1.35. The Hall–Kier alpha value is -1.88. The lowest BCUT2D eigenvalue weighted by Crippen LogP contribution is -2.22. The van der Waals surface area contributed by atoms with Gasteiger partial charge in [-0.1, -0.05) is 12.1 Å². The molecule has 0 aromatic heterocycles. The van der Waals surface area contributed by atoms with E-state index in [1.807, 2.05) is 31.2 Å². The SMILES string of the molecule is CCOc1cccc(CNC(=O)c2ccc(F)c(Br)c2)c1. The molecule has 0 saturated carbocycles. The molecule has 1 N–H and O–H groups in total. The molecule has 0 atom stereocenters. The number of rotatable bonds is 5. The van der Waals surface area contributed by atoms with E-state index in [2.05, 4.69) is 21.2 Å². The van der Waals surface area contributed by atoms with E-state index in [0.717, 1.165) is 11.3 Å². The second kappa shape index (κ2) is 7.22. The van der Waals surface area contributed by atoms with Crippen molar-refractivity contribution in [2.45, 2.75) is 13.5 Å². The van der Waals surface area contributed by atoms with Crippen LogP contribution in [-0.2, 0) is 6.54 Å². The van der Waals surface area contributed by atoms with Gasteiger partial charge in [-0.3, -0.25) is 4.79 Å². The molecule has 0 bridgehead atoms. The minimum absolute atomic E-state index is 0.252. The smallest absolute Gasteiger partial charge is 0.251 e. The zero-order valence-corrected chi connectivity index (χ0v) is 13.1. The first kappa shape index (κ1) is 15.5. The van der Waals surface area contributed by atoms with Crippen LogP contribution in [0.3, 0.4) is 0 Å². The van der Waals surface area contributed by atoms with Gasteiger partial charge in [-0.25, -0.2) is 4.39 Å². The van der Waals surface area contributed by atoms with Crippen LogP contribution in [0.5, 0.6) is 5.75 Å². The summed E-state index contributed by atoms with van der Waals surface area (Å²) >= 11 is 3.07. The van der Waals surface area contributed by atoms with Gasteiger partial charge in [0.2, 0.25) is 0 Å². The summed E-state index contributed by atoms with van der Waals surface area (Å²) in [6.45, 7) is 2.90. The maximum absolute atomic E-state index is 13.1. The lowest BCUT2D eigenvalue weighted by molar-refractivity contribution is 0.0950. The molecule has 0 aliphatic heterocycles. The van der Waals surface area contributed by atoms with E-state index in [4.69, 9.17) is 4.74 Å². The number of benzene rings is 2. The van der Waals surface area contributed by atoms with Crippen molar-refractivity contribution in [2.75, 3.05) is 6.61 Å². The maximum Gasteiger partial charge on any atom is 0.251 e. The van der Waals surface area contributed by atoms with Crippen LogP contribution < -0.4 is 10.1 Å². The fraction of sp³-hybridized carbons (Fsp3) is 0.188. The quantitative estimate of drug-likeness (QED) is 0.886. The third-order valence-corrected chi connectivity index (χ3v) is 3.45. The molecule has 21 heavy (non-hydrogen) atoms. The van der Waals surface area contributed by atoms with Gasteiger partial charge < -0.3 is 10.1 Å². The second-order valence-electron chi connectivity index (χ2n) is 4.39. The number of hydrogen-bond acceptors (Lipinski definition) is 2. The van der Waals surface area contributed by atoms with Crippen molar-refractivity contribution in [1.29, 1.82) is 0 Å². The highest BCUT2D eigenvalue weighted by atomic mass is 79.9. The van der Waals surface area contributed by atoms with Crippen LogP contribution in [-0.4, -0.2) is 12.5 Å². The molecule has 0 aliphatic rings. The predicted octanol–water partition coefficient (Wildman–Crippen LogP) is 3.92. The van der Waals surface area contributed by atoms with Crippen molar-refractivity contribution < 1.29 is 13.9 Å². The largest absolute Gasteiger partial charge is 0.494 e. The average Bonchev–Trinajstić information content (AvgIpc) is 2.48. The highest BCUT2D eigenvalue weighted by Crippen LogP contribution is 2.17. The number of carbonyl (C=O) groups excluding carboxylic acids is 1. The lowest BCUT2D eigenvalue weighted by atomic mass is 10.2. The molecule has 0 fully saturated rings. The van der Waals surface area contributed by atoms with E-state index in [-0.39, 0.29) is 10.4 Å². The van der Waals surface area contributed by atoms with Crippen molar-refractivity contribution in [3.05, 3.63) is 63.9 Å². The molecule has 0 radical (unpaired) electrons. The molecular weight excluding hydrogens is 337 g/mol. The van der Waals surface area contributed by atoms with Crippen molar-refractivity contribution in [3.63, 3.8) is 0 Å². The van der Waals surface area contributed by atoms with Gasteiger partial charge in [-0.15, -0.1) is 0 Å². The fourth-order valence-corrected chi connectivity index (χ4v) is 2.21. The van der Waals surface area contributed by atoms with Gasteiger partial charge in [-0.2, -0.15) is 0 Å². The molecule has 1 amide bonds. The normalized spacial score (nSPS) is 10.2. The number of halogens is 2. The van der Waals surface area contributed by atoms with Crippen molar-refractivity contribution >= 4 is 21.8 Å². The highest BCUT2D eigenvalue weighted by Gasteiger charge is 2.08. The number of carbonyl (C=O) groups is 1. The first-order chi connectivity index (χ1) is 10.1. The van der Waals surface area contributed by atoms with Gasteiger partial charge in [-0.05, 0) is 58.7 Å². The Balaban J connectivity index is 2.00. The van der Waals surface area contributed by atoms with Gasteiger partial charge in [0, 0.05) is 12.1 Å². The zero-order valence-electron chi connectivity index (χ0n) is 11.5. The molecule has 3 nitrogen and oxygen atoms in total. The second-order valence-corrected chi connectivity index (χ2v) is 5.25. The van der Waals surface area contributed by atoms with Crippen LogP contribution in [0.15, 0.2) is 46.9 Å². The Morgan fingerprint density at radius 2 is 2.10 bits per heavy atom. The van der Waals surface area contributed by atoms with Gasteiger partial charge >= 0.3 is 0 Å². The standard InChI is InChI=1S/C16H15BrFNO2/c1-2-21-13-5-3-4-11(8-13)10-19-16(20)12-6-7-15(18)14(17)9-12/h3-9H,2,10H2,1H3,(H,19,20). The monoisotopic (exact) mass is 351 g/mol. The Morgan fingerprint density at radius 3 is 2.81 bits per heavy atom. The van der Waals surface area contributed by atoms with Gasteiger partial charge in [0.1, 0.15) is 11.6 Å². The summed E-state index contributed by atoms with van der Waals surface area (Å²) in [7, 11) is 0. The molecule has 2 aromatic rings. The number of amides is 1. The summed E-state index contributed by atoms with van der Waals surface area (Å²) in [4.78, 5) is 12.0. The van der Waals surface area contributed by atoms with E-state index in [9.17, 15) is 9.18 Å². The average molecular weight is 352 g/mol. The first-order valence-electron chi connectivity index (χ1n) is 6.55. The summed E-state index contributed by atoms with van der Waals surface area (Å²) < 4.78 is 18.8. The molecule has 2 rings (SSSR count). The molecular formula is C16H15BrFNO2. The predicted molar refractivity (Wildman–Crippen MR) is 82.9 cm³/mol. The molecule has 0 saturated heterocycles. The zero-order chi connectivity index (χ0) is 15.2. The van der Waals surface area contributed by atoms with E-state index in [1.165, 1.54) is 18.2 Å². The Labute approximate surface area is 131 Å². The van der Waals surface area contributed by atoms with Crippen molar-refractivity contribution in [2.24, 2.45) is 0 Å². The molecule has 5 heteroatoms. The van der Waals surface area contributed by atoms with Crippen LogP contribution in [0.4, 0.5) is 4.39 Å². The summed E-state index contributed by atoms with van der Waals surface area (Å²) in [5, 5.41) is 2.79. The Kier molecular flexibility index (Phi) is 5.33. The minimum Gasteiger partial charge on any atom is -0.494 e. The molecule has 0 aliphatic carbocycles. The van der Waals surface area contributed by atoms with Crippen LogP contribution in [0.1, 0.15) is 22.8 Å². The van der Waals surface area contributed by atoms with E-state index in [0.29, 0.717) is 18.7 Å². The highest BCUT2D eigenvalue weighted by molar-refractivity contribution is 9.10. The van der Waals surface area contributed by atoms with Crippen molar-refractivity contribution in [3.8, 4) is 5.75 Å². The van der Waals surface area contributed by atoms with E-state index >= 15 is 0 Å². The maximum atomic E-state index is 13.1. The van der Waals surface area contributed by atoms with Crippen LogP contribution >= 0.6 is 15.9 Å². The third kappa shape index (κ3) is 4.29.